The van der Waals surface area contributed by atoms with E-state index in [1.165, 1.54) is 22.9 Å². The molecule has 0 saturated heterocycles. The predicted molar refractivity (Wildman–Crippen MR) is 70.9 cm³/mol. The lowest BCUT2D eigenvalue weighted by Gasteiger charge is -2.17. The van der Waals surface area contributed by atoms with E-state index in [-0.39, 0.29) is 5.41 Å². The van der Waals surface area contributed by atoms with Crippen LogP contribution in [0.3, 0.4) is 0 Å². The average Bonchev–Trinajstić information content (AvgIpc) is 2.58. The number of hydrogen-bond acceptors (Lipinski definition) is 0. The standard InChI is InChI=1S/C15H21N/c1-5-10-16-11-13(15(2,3)4)12-8-6-7-9-14(12)16/h6-9,11H,5,10H2,1-4H3. The maximum atomic E-state index is 2.38. The van der Waals surface area contributed by atoms with Crippen LogP contribution in [0.15, 0.2) is 30.5 Å². The summed E-state index contributed by atoms with van der Waals surface area (Å²) in [6.07, 6.45) is 3.51. The second-order valence-corrected chi connectivity index (χ2v) is 5.50. The molecule has 0 fully saturated rings. The maximum Gasteiger partial charge on any atom is 0.0483 e. The van der Waals surface area contributed by atoms with Gasteiger partial charge in [-0.05, 0) is 23.5 Å². The van der Waals surface area contributed by atoms with Crippen LogP contribution >= 0.6 is 0 Å². The number of fused-ring (bicyclic) bond motifs is 1. The van der Waals surface area contributed by atoms with Crippen molar-refractivity contribution in [2.75, 3.05) is 0 Å². The van der Waals surface area contributed by atoms with Crippen LogP contribution in [0.25, 0.3) is 10.9 Å². The molecule has 1 nitrogen and oxygen atoms in total. The molecule has 0 radical (unpaired) electrons. The SMILES string of the molecule is CCCn1cc(C(C)(C)C)c2ccccc21. The largest absolute Gasteiger partial charge is 0.347 e. The van der Waals surface area contributed by atoms with Crippen molar-refractivity contribution >= 4 is 10.9 Å². The van der Waals surface area contributed by atoms with Crippen LogP contribution in [-0.4, -0.2) is 4.57 Å². The van der Waals surface area contributed by atoms with Crippen LogP contribution in [0.1, 0.15) is 39.7 Å². The second-order valence-electron chi connectivity index (χ2n) is 5.50. The Balaban J connectivity index is 2.67. The Kier molecular flexibility index (Phi) is 2.79. The molecule has 0 unspecified atom stereocenters. The third-order valence-corrected chi connectivity index (χ3v) is 3.06. The third kappa shape index (κ3) is 1.87. The van der Waals surface area contributed by atoms with Crippen molar-refractivity contribution < 1.29 is 0 Å². The highest BCUT2D eigenvalue weighted by molar-refractivity contribution is 5.85. The summed E-state index contributed by atoms with van der Waals surface area (Å²) < 4.78 is 2.38. The minimum atomic E-state index is 0.221. The smallest absolute Gasteiger partial charge is 0.0483 e. The van der Waals surface area contributed by atoms with E-state index < -0.39 is 0 Å². The van der Waals surface area contributed by atoms with Gasteiger partial charge in [0.2, 0.25) is 0 Å². The monoisotopic (exact) mass is 215 g/mol. The number of rotatable bonds is 2. The lowest BCUT2D eigenvalue weighted by atomic mass is 9.87. The molecule has 0 aliphatic heterocycles. The van der Waals surface area contributed by atoms with Crippen LogP contribution in [0.4, 0.5) is 0 Å². The topological polar surface area (TPSA) is 4.93 Å². The highest BCUT2D eigenvalue weighted by atomic mass is 15.0. The van der Waals surface area contributed by atoms with Crippen molar-refractivity contribution in [1.29, 1.82) is 0 Å². The lowest BCUT2D eigenvalue weighted by Crippen LogP contribution is -2.10. The van der Waals surface area contributed by atoms with Gasteiger partial charge in [-0.15, -0.1) is 0 Å². The first-order valence-electron chi connectivity index (χ1n) is 6.12. The van der Waals surface area contributed by atoms with Crippen LogP contribution in [0, 0.1) is 0 Å². The fourth-order valence-corrected chi connectivity index (χ4v) is 2.27. The van der Waals surface area contributed by atoms with Crippen molar-refractivity contribution in [3.63, 3.8) is 0 Å². The Morgan fingerprint density at radius 3 is 2.44 bits per heavy atom. The summed E-state index contributed by atoms with van der Waals surface area (Å²) in [5.74, 6) is 0. The van der Waals surface area contributed by atoms with Gasteiger partial charge in [-0.25, -0.2) is 0 Å². The van der Waals surface area contributed by atoms with Gasteiger partial charge in [-0.1, -0.05) is 45.9 Å². The molecule has 0 amide bonds. The van der Waals surface area contributed by atoms with E-state index in [0.29, 0.717) is 0 Å². The normalized spacial score (nSPS) is 12.2. The molecule has 1 heteroatoms. The first kappa shape index (κ1) is 11.3. The predicted octanol–water partition coefficient (Wildman–Crippen LogP) is 4.35. The Labute approximate surface area is 98.1 Å². The van der Waals surface area contributed by atoms with E-state index in [0.717, 1.165) is 6.54 Å². The quantitative estimate of drug-likeness (QED) is 0.702. The molecule has 0 atom stereocenters. The van der Waals surface area contributed by atoms with Crippen LogP contribution < -0.4 is 0 Å². The van der Waals surface area contributed by atoms with E-state index in [4.69, 9.17) is 0 Å². The summed E-state index contributed by atoms with van der Waals surface area (Å²) in [6, 6.07) is 8.72. The van der Waals surface area contributed by atoms with E-state index in [1.54, 1.807) is 0 Å². The van der Waals surface area contributed by atoms with Crippen molar-refractivity contribution in [3.8, 4) is 0 Å². The molecule has 2 aromatic rings. The Bertz CT molecular complexity index is 486. The van der Waals surface area contributed by atoms with Crippen LogP contribution in [0.5, 0.6) is 0 Å². The van der Waals surface area contributed by atoms with Gasteiger partial charge in [0.25, 0.3) is 0 Å². The number of hydrogen-bond donors (Lipinski definition) is 0. The molecule has 16 heavy (non-hydrogen) atoms. The minimum Gasteiger partial charge on any atom is -0.347 e. The summed E-state index contributed by atoms with van der Waals surface area (Å²) in [7, 11) is 0. The Hall–Kier alpha value is -1.24. The number of aryl methyl sites for hydroxylation is 1. The molecule has 0 N–H and O–H groups in total. The van der Waals surface area contributed by atoms with Gasteiger partial charge < -0.3 is 4.57 Å². The van der Waals surface area contributed by atoms with E-state index in [2.05, 4.69) is 62.7 Å². The zero-order valence-corrected chi connectivity index (χ0v) is 10.7. The summed E-state index contributed by atoms with van der Waals surface area (Å²) in [6.45, 7) is 10.2. The molecule has 1 aromatic carbocycles. The minimum absolute atomic E-state index is 0.221. The highest BCUT2D eigenvalue weighted by Crippen LogP contribution is 2.31. The van der Waals surface area contributed by atoms with Crippen molar-refractivity contribution in [3.05, 3.63) is 36.0 Å². The Morgan fingerprint density at radius 1 is 1.12 bits per heavy atom. The molecule has 2 rings (SSSR count). The molecule has 0 saturated carbocycles. The van der Waals surface area contributed by atoms with Crippen molar-refractivity contribution in [1.82, 2.24) is 4.57 Å². The van der Waals surface area contributed by atoms with Gasteiger partial charge in [0.05, 0.1) is 0 Å². The van der Waals surface area contributed by atoms with Gasteiger partial charge >= 0.3 is 0 Å². The fourth-order valence-electron chi connectivity index (χ4n) is 2.27. The summed E-state index contributed by atoms with van der Waals surface area (Å²) >= 11 is 0. The lowest BCUT2D eigenvalue weighted by molar-refractivity contribution is 0.588. The first-order valence-corrected chi connectivity index (χ1v) is 6.12. The van der Waals surface area contributed by atoms with Gasteiger partial charge in [0.1, 0.15) is 0 Å². The number of aromatic nitrogens is 1. The zero-order chi connectivity index (χ0) is 11.8. The molecule has 0 aliphatic carbocycles. The molecule has 1 heterocycles. The molecule has 0 bridgehead atoms. The Morgan fingerprint density at radius 2 is 1.81 bits per heavy atom. The van der Waals surface area contributed by atoms with Gasteiger partial charge in [-0.3, -0.25) is 0 Å². The van der Waals surface area contributed by atoms with E-state index in [9.17, 15) is 0 Å². The van der Waals surface area contributed by atoms with Crippen molar-refractivity contribution in [2.45, 2.75) is 46.1 Å². The van der Waals surface area contributed by atoms with Crippen molar-refractivity contribution in [2.24, 2.45) is 0 Å². The molecule has 86 valence electrons. The fraction of sp³-hybridized carbons (Fsp3) is 0.467. The summed E-state index contributed by atoms with van der Waals surface area (Å²) in [4.78, 5) is 0. The highest BCUT2D eigenvalue weighted by Gasteiger charge is 2.19. The van der Waals surface area contributed by atoms with Crippen LogP contribution in [0.2, 0.25) is 0 Å². The summed E-state index contributed by atoms with van der Waals surface area (Å²) in [5.41, 5.74) is 3.05. The first-order chi connectivity index (χ1) is 7.54. The summed E-state index contributed by atoms with van der Waals surface area (Å²) in [5, 5.41) is 1.41. The molecule has 1 aromatic heterocycles. The molecule has 0 spiro atoms. The number of nitrogens with zero attached hydrogens (tertiary/aromatic N) is 1. The number of benzene rings is 1. The third-order valence-electron chi connectivity index (χ3n) is 3.06. The number of para-hydroxylation sites is 1. The van der Waals surface area contributed by atoms with E-state index in [1.807, 2.05) is 0 Å². The second kappa shape index (κ2) is 3.97. The average molecular weight is 215 g/mol. The van der Waals surface area contributed by atoms with Gasteiger partial charge in [0, 0.05) is 23.6 Å². The van der Waals surface area contributed by atoms with E-state index >= 15 is 0 Å². The maximum absolute atomic E-state index is 2.38. The molecule has 0 aliphatic rings. The molecular weight excluding hydrogens is 194 g/mol. The molecular formula is C15H21N. The van der Waals surface area contributed by atoms with Gasteiger partial charge in [0.15, 0.2) is 0 Å². The van der Waals surface area contributed by atoms with Crippen LogP contribution in [-0.2, 0) is 12.0 Å². The zero-order valence-electron chi connectivity index (χ0n) is 10.7. The van der Waals surface area contributed by atoms with Gasteiger partial charge in [-0.2, -0.15) is 0 Å².